The molecule has 19 heavy (non-hydrogen) atoms. The first-order valence-electron chi connectivity index (χ1n) is 5.67. The number of fused-ring (bicyclic) bond motifs is 1. The van der Waals surface area contributed by atoms with Gasteiger partial charge in [-0.05, 0) is 81.1 Å². The summed E-state index contributed by atoms with van der Waals surface area (Å²) in [7, 11) is 0. The molecular weight excluding hydrogens is 468 g/mol. The van der Waals surface area contributed by atoms with E-state index in [1.165, 1.54) is 3.57 Å². The van der Waals surface area contributed by atoms with Crippen LogP contribution in [0.1, 0.15) is 5.56 Å². The molecule has 0 fully saturated rings. The monoisotopic (exact) mass is 477 g/mol. The second-order valence-corrected chi connectivity index (χ2v) is 6.68. The van der Waals surface area contributed by atoms with Crippen molar-refractivity contribution in [2.75, 3.05) is 0 Å². The Hall–Kier alpha value is -0.830. The number of aromatic nitrogens is 1. The third kappa shape index (κ3) is 2.71. The van der Waals surface area contributed by atoms with Crippen LogP contribution < -0.4 is 5.76 Å². The summed E-state index contributed by atoms with van der Waals surface area (Å²) in [5.74, 6) is -0.310. The Balaban J connectivity index is 2.07. The highest BCUT2D eigenvalue weighted by molar-refractivity contribution is 14.1. The summed E-state index contributed by atoms with van der Waals surface area (Å²) in [5, 5.41) is 0. The molecule has 0 aliphatic rings. The van der Waals surface area contributed by atoms with E-state index in [-0.39, 0.29) is 5.76 Å². The van der Waals surface area contributed by atoms with Gasteiger partial charge in [0, 0.05) is 7.14 Å². The highest BCUT2D eigenvalue weighted by Crippen LogP contribution is 2.17. The van der Waals surface area contributed by atoms with Gasteiger partial charge in [-0.25, -0.2) is 4.79 Å². The fourth-order valence-corrected chi connectivity index (χ4v) is 2.78. The zero-order valence-corrected chi connectivity index (χ0v) is 14.1. The highest BCUT2D eigenvalue weighted by Gasteiger charge is 2.09. The summed E-state index contributed by atoms with van der Waals surface area (Å²) in [6.45, 7) is 0.531. The molecule has 0 bridgehead atoms. The Morgan fingerprint density at radius 1 is 1.00 bits per heavy atom. The molecule has 0 unspecified atom stereocenters. The number of hydrogen-bond acceptors (Lipinski definition) is 2. The van der Waals surface area contributed by atoms with Gasteiger partial charge in [0.15, 0.2) is 5.58 Å². The van der Waals surface area contributed by atoms with Crippen LogP contribution in [-0.2, 0) is 6.54 Å². The van der Waals surface area contributed by atoms with Gasteiger partial charge in [-0.3, -0.25) is 4.57 Å². The summed E-state index contributed by atoms with van der Waals surface area (Å²) in [6.07, 6.45) is 0. The predicted molar refractivity (Wildman–Crippen MR) is 91.5 cm³/mol. The van der Waals surface area contributed by atoms with Gasteiger partial charge in [0.25, 0.3) is 0 Å². The molecule has 0 radical (unpaired) electrons. The molecule has 3 nitrogen and oxygen atoms in total. The van der Waals surface area contributed by atoms with Gasteiger partial charge in [0.05, 0.1) is 12.1 Å². The number of hydrogen-bond donors (Lipinski definition) is 0. The van der Waals surface area contributed by atoms with Gasteiger partial charge in [-0.1, -0.05) is 12.1 Å². The minimum Gasteiger partial charge on any atom is -0.408 e. The molecule has 96 valence electrons. The van der Waals surface area contributed by atoms with Crippen molar-refractivity contribution in [1.82, 2.24) is 4.57 Å². The molecule has 0 aliphatic carbocycles. The van der Waals surface area contributed by atoms with Crippen molar-refractivity contribution in [1.29, 1.82) is 0 Å². The second-order valence-electron chi connectivity index (χ2n) is 4.19. The first-order valence-corrected chi connectivity index (χ1v) is 7.82. The maximum Gasteiger partial charge on any atom is 0.420 e. The van der Waals surface area contributed by atoms with Crippen LogP contribution in [0.3, 0.4) is 0 Å². The number of oxazole rings is 1. The molecule has 0 spiro atoms. The second kappa shape index (κ2) is 5.28. The molecule has 0 aliphatic heterocycles. The van der Waals surface area contributed by atoms with Crippen molar-refractivity contribution in [3.8, 4) is 0 Å². The van der Waals surface area contributed by atoms with Crippen LogP contribution in [0.2, 0.25) is 0 Å². The minimum atomic E-state index is -0.310. The predicted octanol–water partition coefficient (Wildman–Crippen LogP) is 3.85. The molecule has 2 aromatic carbocycles. The molecule has 0 saturated carbocycles. The Bertz CT molecular complexity index is 787. The average Bonchev–Trinajstić information content (AvgIpc) is 2.68. The van der Waals surface area contributed by atoms with Gasteiger partial charge < -0.3 is 4.42 Å². The molecule has 0 saturated heterocycles. The van der Waals surface area contributed by atoms with E-state index in [1.807, 2.05) is 42.5 Å². The zero-order valence-electron chi connectivity index (χ0n) is 9.77. The van der Waals surface area contributed by atoms with E-state index in [1.54, 1.807) is 4.57 Å². The van der Waals surface area contributed by atoms with Crippen molar-refractivity contribution in [2.24, 2.45) is 0 Å². The normalized spacial score (nSPS) is 11.1. The zero-order chi connectivity index (χ0) is 13.4. The third-order valence-corrected chi connectivity index (χ3v) is 4.27. The van der Waals surface area contributed by atoms with E-state index < -0.39 is 0 Å². The highest BCUT2D eigenvalue weighted by atomic mass is 127. The minimum absolute atomic E-state index is 0.310. The van der Waals surface area contributed by atoms with Gasteiger partial charge in [-0.2, -0.15) is 0 Å². The largest absolute Gasteiger partial charge is 0.420 e. The Labute approximate surface area is 136 Å². The Morgan fingerprint density at radius 2 is 1.68 bits per heavy atom. The fourth-order valence-electron chi connectivity index (χ4n) is 1.96. The summed E-state index contributed by atoms with van der Waals surface area (Å²) >= 11 is 4.47. The van der Waals surface area contributed by atoms with Crippen molar-refractivity contribution in [3.63, 3.8) is 0 Å². The lowest BCUT2D eigenvalue weighted by molar-refractivity contribution is 0.517. The number of halogens is 2. The SMILES string of the molecule is O=c1oc2cc(I)ccc2n1Cc1ccc(I)cc1. The summed E-state index contributed by atoms with van der Waals surface area (Å²) in [5.41, 5.74) is 2.56. The first kappa shape index (κ1) is 13.2. The smallest absolute Gasteiger partial charge is 0.408 e. The van der Waals surface area contributed by atoms with Gasteiger partial charge in [-0.15, -0.1) is 0 Å². The number of rotatable bonds is 2. The number of nitrogens with zero attached hydrogens (tertiary/aromatic N) is 1. The lowest BCUT2D eigenvalue weighted by atomic mass is 10.2. The summed E-state index contributed by atoms with van der Waals surface area (Å²) in [4.78, 5) is 11.9. The quantitative estimate of drug-likeness (QED) is 0.526. The van der Waals surface area contributed by atoms with Crippen LogP contribution in [-0.4, -0.2) is 4.57 Å². The van der Waals surface area contributed by atoms with Gasteiger partial charge >= 0.3 is 5.76 Å². The lowest BCUT2D eigenvalue weighted by Crippen LogP contribution is -2.14. The first-order chi connectivity index (χ1) is 9.13. The van der Waals surface area contributed by atoms with Crippen molar-refractivity contribution in [2.45, 2.75) is 6.54 Å². The van der Waals surface area contributed by atoms with E-state index in [0.717, 1.165) is 14.7 Å². The van der Waals surface area contributed by atoms with E-state index in [2.05, 4.69) is 45.2 Å². The molecule has 5 heteroatoms. The van der Waals surface area contributed by atoms with E-state index in [4.69, 9.17) is 4.42 Å². The van der Waals surface area contributed by atoms with Gasteiger partial charge in [0.2, 0.25) is 0 Å². The van der Waals surface area contributed by atoms with E-state index in [0.29, 0.717) is 12.1 Å². The van der Waals surface area contributed by atoms with Crippen LogP contribution in [0.5, 0.6) is 0 Å². The molecule has 0 atom stereocenters. The summed E-state index contributed by atoms with van der Waals surface area (Å²) in [6, 6.07) is 13.9. The number of benzene rings is 2. The van der Waals surface area contributed by atoms with Crippen LogP contribution in [0.4, 0.5) is 0 Å². The Morgan fingerprint density at radius 3 is 2.42 bits per heavy atom. The Kier molecular flexibility index (Phi) is 3.66. The van der Waals surface area contributed by atoms with E-state index >= 15 is 0 Å². The maximum atomic E-state index is 11.9. The molecule has 1 heterocycles. The fraction of sp³-hybridized carbons (Fsp3) is 0.0714. The third-order valence-electron chi connectivity index (χ3n) is 2.88. The molecule has 3 aromatic rings. The lowest BCUT2D eigenvalue weighted by Gasteiger charge is -2.03. The maximum absolute atomic E-state index is 11.9. The van der Waals surface area contributed by atoms with Crippen LogP contribution in [0.25, 0.3) is 11.1 Å². The molecule has 0 N–H and O–H groups in total. The van der Waals surface area contributed by atoms with Crippen molar-refractivity contribution >= 4 is 56.3 Å². The van der Waals surface area contributed by atoms with Crippen LogP contribution in [0.15, 0.2) is 51.7 Å². The molecule has 1 aromatic heterocycles. The summed E-state index contributed by atoms with van der Waals surface area (Å²) < 4.78 is 9.17. The van der Waals surface area contributed by atoms with Crippen molar-refractivity contribution in [3.05, 3.63) is 65.7 Å². The van der Waals surface area contributed by atoms with Crippen LogP contribution in [0, 0.1) is 7.14 Å². The molecule has 3 rings (SSSR count). The average molecular weight is 477 g/mol. The topological polar surface area (TPSA) is 35.1 Å². The van der Waals surface area contributed by atoms with Gasteiger partial charge in [0.1, 0.15) is 0 Å². The molecule has 0 amide bonds. The van der Waals surface area contributed by atoms with Crippen LogP contribution >= 0.6 is 45.2 Å². The van der Waals surface area contributed by atoms with Crippen molar-refractivity contribution < 1.29 is 4.42 Å². The molecular formula is C14H9I2NO2. The standard InChI is InChI=1S/C14H9I2NO2/c15-10-3-1-9(2-4-10)8-17-12-6-5-11(16)7-13(12)19-14(17)18/h1-7H,8H2. The van der Waals surface area contributed by atoms with E-state index in [9.17, 15) is 4.79 Å².